The largest absolute Gasteiger partial charge is 0.460 e. The number of hydrogen-bond acceptors (Lipinski definition) is 4. The third-order valence-electron chi connectivity index (χ3n) is 2.08. The van der Waals surface area contributed by atoms with Crippen LogP contribution in [0, 0.1) is 0 Å². The van der Waals surface area contributed by atoms with Crippen LogP contribution in [0.4, 0.5) is 8.78 Å². The van der Waals surface area contributed by atoms with E-state index in [1.807, 2.05) is 13.8 Å². The van der Waals surface area contributed by atoms with Crippen molar-refractivity contribution >= 4 is 5.97 Å². The second-order valence-corrected chi connectivity index (χ2v) is 3.96. The Kier molecular flexibility index (Phi) is 6.21. The van der Waals surface area contributed by atoms with Gasteiger partial charge >= 0.3 is 12.6 Å². The second kappa shape index (κ2) is 7.68. The molecule has 0 aliphatic rings. The van der Waals surface area contributed by atoms with Gasteiger partial charge in [-0.2, -0.15) is 8.78 Å². The lowest BCUT2D eigenvalue weighted by Gasteiger charge is -2.09. The number of halogens is 2. The van der Waals surface area contributed by atoms with Crippen LogP contribution in [-0.4, -0.2) is 31.9 Å². The Hall–Kier alpha value is -1.69. The molecule has 0 unspecified atom stereocenters. The molecular formula is C13H16F2O4. The van der Waals surface area contributed by atoms with Crippen molar-refractivity contribution in [2.75, 3.05) is 13.2 Å². The summed E-state index contributed by atoms with van der Waals surface area (Å²) in [5.74, 6) is -0.536. The van der Waals surface area contributed by atoms with Crippen LogP contribution in [0.5, 0.6) is 5.75 Å². The highest BCUT2D eigenvalue weighted by Crippen LogP contribution is 2.15. The van der Waals surface area contributed by atoms with Gasteiger partial charge in [-0.3, -0.25) is 0 Å². The third kappa shape index (κ3) is 6.15. The normalized spacial score (nSPS) is 10.8. The number of hydrogen-bond donors (Lipinski definition) is 0. The molecule has 0 spiro atoms. The molecule has 0 atom stereocenters. The molecule has 0 saturated heterocycles. The summed E-state index contributed by atoms with van der Waals surface area (Å²) < 4.78 is 38.2. The summed E-state index contributed by atoms with van der Waals surface area (Å²) in [6.45, 7) is 1.33. The smallest absolute Gasteiger partial charge is 0.387 e. The van der Waals surface area contributed by atoms with E-state index in [9.17, 15) is 13.6 Å². The van der Waals surface area contributed by atoms with Gasteiger partial charge in [0.2, 0.25) is 0 Å². The van der Waals surface area contributed by atoms with E-state index >= 15 is 0 Å². The summed E-state index contributed by atoms with van der Waals surface area (Å²) in [6.07, 6.45) is 0.0736. The van der Waals surface area contributed by atoms with Crippen LogP contribution >= 0.6 is 0 Å². The highest BCUT2D eigenvalue weighted by atomic mass is 19.3. The molecule has 0 radical (unpaired) electrons. The third-order valence-corrected chi connectivity index (χ3v) is 2.08. The van der Waals surface area contributed by atoms with Crippen molar-refractivity contribution in [3.8, 4) is 5.75 Å². The Morgan fingerprint density at radius 2 is 1.79 bits per heavy atom. The van der Waals surface area contributed by atoms with Gasteiger partial charge in [-0.25, -0.2) is 4.79 Å². The standard InChI is InChI=1S/C13H16F2O4/c1-9(2)17-7-8-18-12(16)10-3-5-11(6-4-10)19-13(14)15/h3-6,9,13H,7-8H2,1-2H3. The summed E-state index contributed by atoms with van der Waals surface area (Å²) in [7, 11) is 0. The molecule has 0 N–H and O–H groups in total. The van der Waals surface area contributed by atoms with Gasteiger partial charge in [0, 0.05) is 0 Å². The Labute approximate surface area is 110 Å². The number of esters is 1. The highest BCUT2D eigenvalue weighted by molar-refractivity contribution is 5.89. The van der Waals surface area contributed by atoms with E-state index in [2.05, 4.69) is 4.74 Å². The topological polar surface area (TPSA) is 44.8 Å². The average molecular weight is 274 g/mol. The molecule has 0 amide bonds. The van der Waals surface area contributed by atoms with E-state index in [4.69, 9.17) is 9.47 Å². The molecule has 19 heavy (non-hydrogen) atoms. The fourth-order valence-electron chi connectivity index (χ4n) is 1.27. The SMILES string of the molecule is CC(C)OCCOC(=O)c1ccc(OC(F)F)cc1. The quantitative estimate of drug-likeness (QED) is 0.566. The lowest BCUT2D eigenvalue weighted by Crippen LogP contribution is -2.13. The van der Waals surface area contributed by atoms with Gasteiger partial charge in [0.15, 0.2) is 0 Å². The van der Waals surface area contributed by atoms with Crippen LogP contribution in [0.2, 0.25) is 0 Å². The van der Waals surface area contributed by atoms with E-state index in [0.29, 0.717) is 6.61 Å². The lowest BCUT2D eigenvalue weighted by atomic mass is 10.2. The minimum atomic E-state index is -2.88. The molecule has 0 heterocycles. The van der Waals surface area contributed by atoms with E-state index < -0.39 is 12.6 Å². The van der Waals surface area contributed by atoms with Crippen molar-refractivity contribution in [2.45, 2.75) is 26.6 Å². The fraction of sp³-hybridized carbons (Fsp3) is 0.462. The Morgan fingerprint density at radius 1 is 1.16 bits per heavy atom. The predicted molar refractivity (Wildman–Crippen MR) is 64.4 cm³/mol. The molecule has 1 aromatic carbocycles. The van der Waals surface area contributed by atoms with Crippen LogP contribution in [0.1, 0.15) is 24.2 Å². The first-order valence-electron chi connectivity index (χ1n) is 5.82. The van der Waals surface area contributed by atoms with Crippen LogP contribution in [-0.2, 0) is 9.47 Å². The highest BCUT2D eigenvalue weighted by Gasteiger charge is 2.09. The lowest BCUT2D eigenvalue weighted by molar-refractivity contribution is -0.0498. The number of carbonyl (C=O) groups is 1. The van der Waals surface area contributed by atoms with Gasteiger partial charge in [-0.05, 0) is 38.1 Å². The minimum Gasteiger partial charge on any atom is -0.460 e. The maximum atomic E-state index is 11.9. The predicted octanol–water partition coefficient (Wildman–Crippen LogP) is 2.87. The molecule has 0 saturated carbocycles. The van der Waals surface area contributed by atoms with Crippen molar-refractivity contribution in [2.24, 2.45) is 0 Å². The summed E-state index contributed by atoms with van der Waals surface area (Å²) >= 11 is 0. The second-order valence-electron chi connectivity index (χ2n) is 3.96. The monoisotopic (exact) mass is 274 g/mol. The fourth-order valence-corrected chi connectivity index (χ4v) is 1.27. The maximum absolute atomic E-state index is 11.9. The van der Waals surface area contributed by atoms with Crippen LogP contribution in [0.3, 0.4) is 0 Å². The first-order chi connectivity index (χ1) is 8.99. The zero-order chi connectivity index (χ0) is 14.3. The van der Waals surface area contributed by atoms with Crippen molar-refractivity contribution in [1.82, 2.24) is 0 Å². The van der Waals surface area contributed by atoms with Crippen molar-refractivity contribution in [1.29, 1.82) is 0 Å². The summed E-state index contributed by atoms with van der Waals surface area (Å²) in [4.78, 5) is 11.6. The summed E-state index contributed by atoms with van der Waals surface area (Å²) in [6, 6.07) is 5.30. The van der Waals surface area contributed by atoms with Crippen molar-refractivity contribution < 1.29 is 27.8 Å². The van der Waals surface area contributed by atoms with E-state index in [0.717, 1.165) is 0 Å². The number of benzene rings is 1. The van der Waals surface area contributed by atoms with Gasteiger partial charge < -0.3 is 14.2 Å². The van der Waals surface area contributed by atoms with Gasteiger partial charge in [0.1, 0.15) is 12.4 Å². The number of rotatable bonds is 7. The zero-order valence-corrected chi connectivity index (χ0v) is 10.8. The summed E-state index contributed by atoms with van der Waals surface area (Å²) in [5, 5.41) is 0. The van der Waals surface area contributed by atoms with Crippen LogP contribution in [0.25, 0.3) is 0 Å². The van der Waals surface area contributed by atoms with Crippen molar-refractivity contribution in [3.05, 3.63) is 29.8 Å². The van der Waals surface area contributed by atoms with Gasteiger partial charge in [-0.1, -0.05) is 0 Å². The average Bonchev–Trinajstić information content (AvgIpc) is 2.34. The van der Waals surface area contributed by atoms with Crippen LogP contribution < -0.4 is 4.74 Å². The first-order valence-corrected chi connectivity index (χ1v) is 5.82. The Morgan fingerprint density at radius 3 is 2.32 bits per heavy atom. The van der Waals surface area contributed by atoms with E-state index in [-0.39, 0.29) is 24.0 Å². The first kappa shape index (κ1) is 15.4. The number of ether oxygens (including phenoxy) is 3. The molecule has 106 valence electrons. The maximum Gasteiger partial charge on any atom is 0.387 e. The molecule has 0 aliphatic carbocycles. The van der Waals surface area contributed by atoms with E-state index in [1.54, 1.807) is 0 Å². The number of alkyl halides is 2. The van der Waals surface area contributed by atoms with Gasteiger partial charge in [-0.15, -0.1) is 0 Å². The minimum absolute atomic E-state index is 0.00492. The molecule has 0 fully saturated rings. The molecule has 0 aliphatic heterocycles. The van der Waals surface area contributed by atoms with E-state index in [1.165, 1.54) is 24.3 Å². The molecular weight excluding hydrogens is 258 g/mol. The summed E-state index contributed by atoms with van der Waals surface area (Å²) in [5.41, 5.74) is 0.270. The number of carbonyl (C=O) groups excluding carboxylic acids is 1. The molecule has 1 aromatic rings. The molecule has 1 rings (SSSR count). The Bertz CT molecular complexity index is 390. The van der Waals surface area contributed by atoms with Gasteiger partial charge in [0.25, 0.3) is 0 Å². The molecule has 6 heteroatoms. The Balaban J connectivity index is 2.40. The zero-order valence-electron chi connectivity index (χ0n) is 10.8. The van der Waals surface area contributed by atoms with Crippen LogP contribution in [0.15, 0.2) is 24.3 Å². The van der Waals surface area contributed by atoms with Gasteiger partial charge in [0.05, 0.1) is 18.3 Å². The molecule has 4 nitrogen and oxygen atoms in total. The van der Waals surface area contributed by atoms with Crippen molar-refractivity contribution in [3.63, 3.8) is 0 Å². The molecule has 0 aromatic heterocycles. The molecule has 0 bridgehead atoms.